The summed E-state index contributed by atoms with van der Waals surface area (Å²) in [5, 5.41) is 8.58. The summed E-state index contributed by atoms with van der Waals surface area (Å²) in [6.45, 7) is 2.84. The number of carbonyl (C=O) groups excluding carboxylic acids is 1. The van der Waals surface area contributed by atoms with E-state index in [1.165, 1.54) is 116 Å². The molecule has 4 nitrogen and oxygen atoms in total. The van der Waals surface area contributed by atoms with Crippen LogP contribution >= 0.6 is 0 Å². The van der Waals surface area contributed by atoms with Gasteiger partial charge < -0.3 is 9.84 Å². The maximum Gasteiger partial charge on any atom is 0.305 e. The van der Waals surface area contributed by atoms with Gasteiger partial charge in [-0.25, -0.2) is 0 Å². The Morgan fingerprint density at radius 3 is 1.18 bits per heavy atom. The Hall–Kier alpha value is -1.06. The van der Waals surface area contributed by atoms with E-state index in [0.29, 0.717) is 19.4 Å². The van der Waals surface area contributed by atoms with Crippen molar-refractivity contribution in [3.63, 3.8) is 0 Å². The second-order valence-electron chi connectivity index (χ2n) is 10.2. The van der Waals surface area contributed by atoms with E-state index in [4.69, 9.17) is 9.84 Å². The Labute approximate surface area is 212 Å². The monoisotopic (exact) mass is 482 g/mol. The summed E-state index contributed by atoms with van der Waals surface area (Å²) in [7, 11) is 0. The first-order chi connectivity index (χ1) is 16.7. The Morgan fingerprint density at radius 1 is 0.471 bits per heavy atom. The van der Waals surface area contributed by atoms with Crippen LogP contribution in [0.1, 0.15) is 174 Å². The van der Waals surface area contributed by atoms with Gasteiger partial charge in [0.15, 0.2) is 0 Å². The molecule has 0 atom stereocenters. The molecule has 34 heavy (non-hydrogen) atoms. The Morgan fingerprint density at radius 2 is 0.794 bits per heavy atom. The van der Waals surface area contributed by atoms with Gasteiger partial charge in [0.2, 0.25) is 0 Å². The van der Waals surface area contributed by atoms with Crippen molar-refractivity contribution in [2.45, 2.75) is 174 Å². The highest BCUT2D eigenvalue weighted by atomic mass is 16.5. The maximum absolute atomic E-state index is 11.7. The van der Waals surface area contributed by atoms with Gasteiger partial charge in [-0.15, -0.1) is 0 Å². The summed E-state index contributed by atoms with van der Waals surface area (Å²) >= 11 is 0. The molecule has 0 aromatic carbocycles. The molecule has 0 aliphatic heterocycles. The Bertz CT molecular complexity index is 436. The molecule has 0 radical (unpaired) electrons. The van der Waals surface area contributed by atoms with Crippen molar-refractivity contribution in [2.24, 2.45) is 0 Å². The fourth-order valence-corrected chi connectivity index (χ4v) is 4.51. The van der Waals surface area contributed by atoms with Gasteiger partial charge in [-0.3, -0.25) is 9.59 Å². The minimum Gasteiger partial charge on any atom is -0.481 e. The number of hydrogen-bond donors (Lipinski definition) is 1. The minimum atomic E-state index is -0.741. The van der Waals surface area contributed by atoms with Gasteiger partial charge >= 0.3 is 11.9 Å². The highest BCUT2D eigenvalue weighted by Gasteiger charge is 2.03. The topological polar surface area (TPSA) is 63.6 Å². The van der Waals surface area contributed by atoms with E-state index < -0.39 is 5.97 Å². The lowest BCUT2D eigenvalue weighted by molar-refractivity contribution is -0.144. The van der Waals surface area contributed by atoms with E-state index in [0.717, 1.165) is 32.1 Å². The average molecular weight is 483 g/mol. The van der Waals surface area contributed by atoms with Gasteiger partial charge in [-0.2, -0.15) is 0 Å². The predicted octanol–water partition coefficient (Wildman–Crippen LogP) is 9.78. The van der Waals surface area contributed by atoms with Crippen LogP contribution in [0.25, 0.3) is 0 Å². The fraction of sp³-hybridized carbons (Fsp3) is 0.933. The second kappa shape index (κ2) is 28.2. The molecule has 0 amide bonds. The molecule has 0 aromatic heterocycles. The van der Waals surface area contributed by atoms with Gasteiger partial charge in [0.05, 0.1) is 6.61 Å². The average Bonchev–Trinajstić information content (AvgIpc) is 2.82. The molecule has 0 saturated carbocycles. The summed E-state index contributed by atoms with van der Waals surface area (Å²) < 4.78 is 5.29. The third-order valence-electron chi connectivity index (χ3n) is 6.78. The van der Waals surface area contributed by atoms with Crippen LogP contribution in [0.3, 0.4) is 0 Å². The third kappa shape index (κ3) is 29.0. The van der Waals surface area contributed by atoms with Crippen LogP contribution in [0.15, 0.2) is 0 Å². The number of carboxylic acid groups (broad SMARTS) is 1. The zero-order chi connectivity index (χ0) is 25.0. The number of hydrogen-bond acceptors (Lipinski definition) is 3. The lowest BCUT2D eigenvalue weighted by Crippen LogP contribution is -2.05. The van der Waals surface area contributed by atoms with Crippen LogP contribution in [0.4, 0.5) is 0 Å². The number of aliphatic carboxylic acids is 1. The third-order valence-corrected chi connectivity index (χ3v) is 6.78. The molecule has 0 spiro atoms. The zero-order valence-electron chi connectivity index (χ0n) is 22.8. The molecule has 0 heterocycles. The molecule has 1 N–H and O–H groups in total. The molecule has 0 fully saturated rings. The number of ether oxygens (including phenoxy) is 1. The molecular formula is C30H58O4. The van der Waals surface area contributed by atoms with E-state index in [1.807, 2.05) is 0 Å². The van der Waals surface area contributed by atoms with E-state index in [2.05, 4.69) is 6.92 Å². The normalized spacial score (nSPS) is 11.1. The Kier molecular flexibility index (Phi) is 27.3. The number of carboxylic acids is 1. The molecular weight excluding hydrogens is 424 g/mol. The summed E-state index contributed by atoms with van der Waals surface area (Å²) in [4.78, 5) is 22.1. The van der Waals surface area contributed by atoms with E-state index in [1.54, 1.807) is 0 Å². The number of carbonyl (C=O) groups is 2. The number of rotatable bonds is 28. The molecule has 0 aliphatic rings. The summed E-state index contributed by atoms with van der Waals surface area (Å²) in [6.07, 6.45) is 31.4. The van der Waals surface area contributed by atoms with E-state index in [9.17, 15) is 9.59 Å². The second-order valence-corrected chi connectivity index (χ2v) is 10.2. The van der Waals surface area contributed by atoms with Gasteiger partial charge in [-0.05, 0) is 19.3 Å². The van der Waals surface area contributed by atoms with Crippen LogP contribution in [0.2, 0.25) is 0 Å². The first-order valence-corrected chi connectivity index (χ1v) is 15.0. The van der Waals surface area contributed by atoms with Crippen molar-refractivity contribution >= 4 is 11.9 Å². The van der Waals surface area contributed by atoms with Gasteiger partial charge in [0.25, 0.3) is 0 Å². The van der Waals surface area contributed by atoms with Gasteiger partial charge in [0.1, 0.15) is 0 Å². The van der Waals surface area contributed by atoms with E-state index >= 15 is 0 Å². The zero-order valence-corrected chi connectivity index (χ0v) is 22.8. The van der Waals surface area contributed by atoms with Crippen molar-refractivity contribution in [1.29, 1.82) is 0 Å². The molecule has 0 aliphatic carbocycles. The maximum atomic E-state index is 11.7. The Balaban J connectivity index is 3.12. The van der Waals surface area contributed by atoms with Crippen molar-refractivity contribution < 1.29 is 19.4 Å². The predicted molar refractivity (Wildman–Crippen MR) is 144 cm³/mol. The fourth-order valence-electron chi connectivity index (χ4n) is 4.51. The number of esters is 1. The molecule has 0 saturated heterocycles. The largest absolute Gasteiger partial charge is 0.481 e. The van der Waals surface area contributed by atoms with Crippen molar-refractivity contribution in [3.05, 3.63) is 0 Å². The molecule has 0 bridgehead atoms. The van der Waals surface area contributed by atoms with Crippen molar-refractivity contribution in [3.8, 4) is 0 Å². The molecule has 0 unspecified atom stereocenters. The lowest BCUT2D eigenvalue weighted by Gasteiger charge is -2.05. The first-order valence-electron chi connectivity index (χ1n) is 15.0. The van der Waals surface area contributed by atoms with Crippen LogP contribution in [0, 0.1) is 0 Å². The SMILES string of the molecule is CCCCCCCCCCCCCCCCCCCCCCOC(=O)CCCCCCC(=O)O. The van der Waals surface area contributed by atoms with Crippen molar-refractivity contribution in [2.75, 3.05) is 6.61 Å². The number of unbranched alkanes of at least 4 members (excludes halogenated alkanes) is 22. The highest BCUT2D eigenvalue weighted by molar-refractivity contribution is 5.69. The summed E-state index contributed by atoms with van der Waals surface area (Å²) in [6, 6.07) is 0. The quantitative estimate of drug-likeness (QED) is 0.0890. The summed E-state index contributed by atoms with van der Waals surface area (Å²) in [5.41, 5.74) is 0. The van der Waals surface area contributed by atoms with E-state index in [-0.39, 0.29) is 12.4 Å². The smallest absolute Gasteiger partial charge is 0.305 e. The molecule has 0 rings (SSSR count). The van der Waals surface area contributed by atoms with Crippen LogP contribution in [0.5, 0.6) is 0 Å². The minimum absolute atomic E-state index is 0.101. The van der Waals surface area contributed by atoms with Crippen LogP contribution in [-0.4, -0.2) is 23.7 Å². The molecule has 4 heteroatoms. The van der Waals surface area contributed by atoms with Crippen LogP contribution < -0.4 is 0 Å². The van der Waals surface area contributed by atoms with Crippen molar-refractivity contribution in [1.82, 2.24) is 0 Å². The standard InChI is InChI=1S/C30H58O4/c1-2-3-4-5-6-7-8-9-10-11-12-13-14-15-16-17-18-19-22-25-28-34-30(33)27-24-21-20-23-26-29(31)32/h2-28H2,1H3,(H,31,32). The highest BCUT2D eigenvalue weighted by Crippen LogP contribution is 2.15. The first kappa shape index (κ1) is 32.9. The van der Waals surface area contributed by atoms with Gasteiger partial charge in [-0.1, -0.05) is 142 Å². The lowest BCUT2D eigenvalue weighted by atomic mass is 10.0. The van der Waals surface area contributed by atoms with Crippen LogP contribution in [-0.2, 0) is 14.3 Å². The molecule has 0 aromatic rings. The van der Waals surface area contributed by atoms with Gasteiger partial charge in [0, 0.05) is 12.8 Å². The molecule has 202 valence electrons. The summed E-state index contributed by atoms with van der Waals surface area (Å²) in [5.74, 6) is -0.842.